The normalized spacial score (nSPS) is 13.6. The number of benzene rings is 7. The van der Waals surface area contributed by atoms with E-state index in [-0.39, 0.29) is 23.6 Å². The molecule has 344 valence electrons. The minimum Gasteiger partial charge on any atom is -0.478 e. The second-order valence-corrected chi connectivity index (χ2v) is 18.3. The van der Waals surface area contributed by atoms with Crippen molar-refractivity contribution < 1.29 is 29.1 Å². The van der Waals surface area contributed by atoms with Gasteiger partial charge >= 0.3 is 5.97 Å². The number of aryl methyl sites for hydroxylation is 4. The number of aromatic carboxylic acids is 1. The number of carboxylic acids is 1. The summed E-state index contributed by atoms with van der Waals surface area (Å²) in [6, 6.07) is 40.8. The molecular weight excluding hydrogens is 845 g/mol. The van der Waals surface area contributed by atoms with Gasteiger partial charge in [-0.3, -0.25) is 29.0 Å². The van der Waals surface area contributed by atoms with Crippen molar-refractivity contribution in [3.05, 3.63) is 233 Å². The first kappa shape index (κ1) is 48.2. The van der Waals surface area contributed by atoms with Crippen molar-refractivity contribution in [1.82, 2.24) is 9.80 Å². The molecule has 0 aromatic heterocycles. The van der Waals surface area contributed by atoms with Crippen LogP contribution < -0.4 is 0 Å². The highest BCUT2D eigenvalue weighted by Gasteiger charge is 2.48. The predicted octanol–water partition coefficient (Wildman–Crippen LogP) is 12.3. The quantitative estimate of drug-likeness (QED) is 0.177. The Hall–Kier alpha value is -7.71. The van der Waals surface area contributed by atoms with E-state index in [0.29, 0.717) is 27.8 Å². The molecule has 0 saturated carbocycles. The predicted molar refractivity (Wildman–Crippen MR) is 270 cm³/mol. The Morgan fingerprint density at radius 2 is 0.721 bits per heavy atom. The number of fused-ring (bicyclic) bond motifs is 5. The largest absolute Gasteiger partial charge is 0.478 e. The van der Waals surface area contributed by atoms with Gasteiger partial charge in [-0.05, 0) is 172 Å². The zero-order chi connectivity index (χ0) is 49.5. The molecule has 0 fully saturated rings. The minimum absolute atomic E-state index is 0.322. The van der Waals surface area contributed by atoms with Gasteiger partial charge in [0.1, 0.15) is 0 Å². The van der Waals surface area contributed by atoms with Crippen molar-refractivity contribution in [3.63, 3.8) is 0 Å². The summed E-state index contributed by atoms with van der Waals surface area (Å²) in [5.41, 5.74) is 20.1. The maximum absolute atomic E-state index is 13.0. The van der Waals surface area contributed by atoms with E-state index in [1.807, 2.05) is 68.4 Å². The fourth-order valence-corrected chi connectivity index (χ4v) is 9.81. The number of carbonyl (C=O) groups is 5. The molecule has 2 aliphatic heterocycles. The molecule has 8 nitrogen and oxygen atoms in total. The van der Waals surface area contributed by atoms with Crippen LogP contribution in [0.15, 0.2) is 127 Å². The molecule has 68 heavy (non-hydrogen) atoms. The molecule has 7 aromatic carbocycles. The molecule has 0 spiro atoms. The number of nitrogens with zero attached hydrogens (tertiary/aromatic N) is 2. The van der Waals surface area contributed by atoms with Gasteiger partial charge < -0.3 is 5.11 Å². The van der Waals surface area contributed by atoms with Crippen LogP contribution in [-0.2, 0) is 5.41 Å². The number of amides is 4. The van der Waals surface area contributed by atoms with Crippen molar-refractivity contribution in [2.24, 2.45) is 0 Å². The van der Waals surface area contributed by atoms with E-state index < -0.39 is 11.4 Å². The maximum Gasteiger partial charge on any atom is 0.335 e. The Bertz CT molecular complexity index is 2960. The molecule has 4 amide bonds. The van der Waals surface area contributed by atoms with Crippen LogP contribution >= 0.6 is 0 Å². The third-order valence-electron chi connectivity index (χ3n) is 14.0. The number of rotatable bonds is 3. The van der Waals surface area contributed by atoms with Crippen LogP contribution in [0.4, 0.5) is 0 Å². The summed E-state index contributed by atoms with van der Waals surface area (Å²) < 4.78 is 0. The van der Waals surface area contributed by atoms with E-state index >= 15 is 0 Å². The molecule has 0 unspecified atom stereocenters. The molecule has 3 aliphatic rings. The van der Waals surface area contributed by atoms with Crippen LogP contribution in [-0.4, -0.2) is 58.6 Å². The first-order chi connectivity index (χ1) is 32.2. The van der Waals surface area contributed by atoms with Crippen LogP contribution in [0.2, 0.25) is 0 Å². The third-order valence-corrected chi connectivity index (χ3v) is 14.0. The molecule has 2 heterocycles. The standard InChI is InChI=1S/C31H20N2O4.C12H18.C9H10O2.C8H10/c1-32-27(34)21-13-11-17(15-23(21)29(32)36)31(18-12-14-22-24(16-18)30(37)33(2)28(22)35)25-9-5-3-7-19(25)20-8-4-6-10-26(20)31;1-7-8(2)10(4)12(6)11(5)9(7)3;1-6-3-7(2)5-8(4-6)9(10)11;1-7-4-3-5-8(2)6-7/h3-16H,1-2H3;1-6H3;3-5H,1-2H3,(H,10,11);3-6H,1-2H3. The Kier molecular flexibility index (Phi) is 13.4. The molecular formula is C60H58N2O6. The summed E-state index contributed by atoms with van der Waals surface area (Å²) in [4.78, 5) is 64.0. The minimum atomic E-state index is -0.869. The van der Waals surface area contributed by atoms with Gasteiger partial charge in [0.2, 0.25) is 0 Å². The lowest BCUT2D eigenvalue weighted by Crippen LogP contribution is -2.29. The van der Waals surface area contributed by atoms with Gasteiger partial charge in [-0.1, -0.05) is 113 Å². The second-order valence-electron chi connectivity index (χ2n) is 18.3. The van der Waals surface area contributed by atoms with Crippen molar-refractivity contribution >= 4 is 29.6 Å². The summed E-state index contributed by atoms with van der Waals surface area (Å²) in [5, 5.41) is 8.63. The van der Waals surface area contributed by atoms with Gasteiger partial charge in [0.25, 0.3) is 23.6 Å². The van der Waals surface area contributed by atoms with Gasteiger partial charge in [0, 0.05) is 14.1 Å². The topological polar surface area (TPSA) is 112 Å². The first-order valence-electron chi connectivity index (χ1n) is 22.7. The highest BCUT2D eigenvalue weighted by Crippen LogP contribution is 2.56. The number of carbonyl (C=O) groups excluding carboxylic acids is 4. The van der Waals surface area contributed by atoms with Gasteiger partial charge in [0.15, 0.2) is 0 Å². The fraction of sp³-hybridized carbons (Fsp3) is 0.217. The Morgan fingerprint density at radius 3 is 1.06 bits per heavy atom. The molecule has 1 N–H and O–H groups in total. The second kappa shape index (κ2) is 18.9. The number of imide groups is 2. The smallest absolute Gasteiger partial charge is 0.335 e. The van der Waals surface area contributed by atoms with E-state index in [1.54, 1.807) is 24.3 Å². The van der Waals surface area contributed by atoms with Crippen molar-refractivity contribution in [2.75, 3.05) is 14.1 Å². The van der Waals surface area contributed by atoms with E-state index in [1.165, 1.54) is 58.6 Å². The summed E-state index contributed by atoms with van der Waals surface area (Å²) in [6.07, 6.45) is 0. The van der Waals surface area contributed by atoms with E-state index in [4.69, 9.17) is 5.11 Å². The molecule has 0 atom stereocenters. The SMILES string of the molecule is CN1C(=O)c2ccc(C3(c4ccc5c(c4)C(=O)N(C)C5=O)c4ccccc4-c4ccccc43)cc2C1=O.Cc1c(C)c(C)c(C)c(C)c1C.Cc1cc(C)cc(C(=O)O)c1.Cc1cccc(C)c1. The summed E-state index contributed by atoms with van der Waals surface area (Å²) >= 11 is 0. The van der Waals surface area contributed by atoms with Gasteiger partial charge in [-0.15, -0.1) is 0 Å². The molecule has 0 bridgehead atoms. The lowest BCUT2D eigenvalue weighted by Gasteiger charge is -2.34. The number of hydrogen-bond acceptors (Lipinski definition) is 5. The van der Waals surface area contributed by atoms with Crippen LogP contribution in [0.5, 0.6) is 0 Å². The van der Waals surface area contributed by atoms with E-state index in [9.17, 15) is 24.0 Å². The van der Waals surface area contributed by atoms with Crippen LogP contribution in [0.3, 0.4) is 0 Å². The third kappa shape index (κ3) is 8.47. The van der Waals surface area contributed by atoms with Crippen LogP contribution in [0, 0.1) is 69.2 Å². The molecule has 7 aromatic rings. The Morgan fingerprint density at radius 1 is 0.382 bits per heavy atom. The van der Waals surface area contributed by atoms with Crippen LogP contribution in [0.1, 0.15) is 130 Å². The van der Waals surface area contributed by atoms with Crippen molar-refractivity contribution in [3.8, 4) is 11.1 Å². The average molecular weight is 903 g/mol. The first-order valence-corrected chi connectivity index (χ1v) is 22.7. The zero-order valence-corrected chi connectivity index (χ0v) is 41.0. The van der Waals surface area contributed by atoms with Gasteiger partial charge in [-0.2, -0.15) is 0 Å². The zero-order valence-electron chi connectivity index (χ0n) is 41.0. The molecule has 0 saturated heterocycles. The van der Waals surface area contributed by atoms with Gasteiger partial charge in [0.05, 0.1) is 33.2 Å². The van der Waals surface area contributed by atoms with Crippen LogP contribution in [0.25, 0.3) is 11.1 Å². The molecule has 1 aliphatic carbocycles. The van der Waals surface area contributed by atoms with E-state index in [0.717, 1.165) is 54.3 Å². The lowest BCUT2D eigenvalue weighted by atomic mass is 9.67. The Balaban J connectivity index is 0.000000178. The summed E-state index contributed by atoms with van der Waals surface area (Å²) in [6.45, 7) is 21.3. The highest BCUT2D eigenvalue weighted by molar-refractivity contribution is 6.22. The highest BCUT2D eigenvalue weighted by atomic mass is 16.4. The number of hydrogen-bond donors (Lipinski definition) is 1. The lowest BCUT2D eigenvalue weighted by molar-refractivity contribution is 0.0678. The van der Waals surface area contributed by atoms with E-state index in [2.05, 4.69) is 104 Å². The summed E-state index contributed by atoms with van der Waals surface area (Å²) in [5.74, 6) is -2.19. The monoisotopic (exact) mass is 902 g/mol. The molecule has 0 radical (unpaired) electrons. The van der Waals surface area contributed by atoms with Crippen molar-refractivity contribution in [1.29, 1.82) is 0 Å². The maximum atomic E-state index is 13.0. The summed E-state index contributed by atoms with van der Waals surface area (Å²) in [7, 11) is 2.97. The molecule has 8 heteroatoms. The van der Waals surface area contributed by atoms with Crippen molar-refractivity contribution in [2.45, 2.75) is 74.7 Å². The molecule has 10 rings (SSSR count). The van der Waals surface area contributed by atoms with Gasteiger partial charge in [-0.25, -0.2) is 4.79 Å². The number of carboxylic acid groups (broad SMARTS) is 1. The Labute approximate surface area is 399 Å². The fourth-order valence-electron chi connectivity index (χ4n) is 9.81. The average Bonchev–Trinajstić information content (AvgIpc) is 3.84.